The zero-order chi connectivity index (χ0) is 14.4. The number of carboxylic acid groups (broad SMARTS) is 1. The normalized spacial score (nSPS) is 10.8. The van der Waals surface area contributed by atoms with E-state index in [4.69, 9.17) is 9.84 Å². The molecule has 0 saturated heterocycles. The van der Waals surface area contributed by atoms with Crippen LogP contribution < -0.4 is 0 Å². The molecule has 2 heterocycles. The summed E-state index contributed by atoms with van der Waals surface area (Å²) in [5.41, 5.74) is 0. The number of ether oxygens (including phenoxy) is 1. The Labute approximate surface area is 124 Å². The first kappa shape index (κ1) is 15.0. The molecule has 0 amide bonds. The van der Waals surface area contributed by atoms with Crippen LogP contribution in [0, 0.1) is 0 Å². The standard InChI is InChI=1S/C12H15N3O3S2/c1-2-18-6-5-15-11(9-4-3-7-19-9)13-14-12(15)20-8-10(16)17/h3-4,7H,2,5-6,8H2,1H3,(H,16,17). The predicted octanol–water partition coefficient (Wildman–Crippen LogP) is 2.22. The number of rotatable bonds is 8. The maximum Gasteiger partial charge on any atom is 0.313 e. The minimum Gasteiger partial charge on any atom is -0.481 e. The van der Waals surface area contributed by atoms with Crippen LogP contribution in [0.5, 0.6) is 0 Å². The third-order valence-corrected chi connectivity index (χ3v) is 4.26. The van der Waals surface area contributed by atoms with Gasteiger partial charge in [-0.2, -0.15) is 0 Å². The average Bonchev–Trinajstić information content (AvgIpc) is 3.05. The Morgan fingerprint density at radius 2 is 2.40 bits per heavy atom. The van der Waals surface area contributed by atoms with Crippen molar-refractivity contribution in [3.8, 4) is 10.7 Å². The molecule has 1 N–H and O–H groups in total. The molecular weight excluding hydrogens is 298 g/mol. The van der Waals surface area contributed by atoms with Gasteiger partial charge in [0.25, 0.3) is 0 Å². The van der Waals surface area contributed by atoms with Gasteiger partial charge in [0.2, 0.25) is 0 Å². The molecule has 0 radical (unpaired) electrons. The molecule has 0 aliphatic rings. The molecule has 0 unspecified atom stereocenters. The first-order valence-electron chi connectivity index (χ1n) is 6.11. The molecule has 0 atom stereocenters. The maximum absolute atomic E-state index is 10.7. The Hall–Kier alpha value is -1.38. The van der Waals surface area contributed by atoms with Crippen molar-refractivity contribution in [2.75, 3.05) is 19.0 Å². The lowest BCUT2D eigenvalue weighted by Crippen LogP contribution is -2.09. The van der Waals surface area contributed by atoms with E-state index < -0.39 is 5.97 Å². The SMILES string of the molecule is CCOCCn1c(SCC(=O)O)nnc1-c1cccs1. The van der Waals surface area contributed by atoms with Gasteiger partial charge in [0.1, 0.15) is 0 Å². The van der Waals surface area contributed by atoms with Crippen LogP contribution in [0.3, 0.4) is 0 Å². The van der Waals surface area contributed by atoms with Crippen LogP contribution in [0.1, 0.15) is 6.92 Å². The Morgan fingerprint density at radius 1 is 1.55 bits per heavy atom. The molecule has 0 aliphatic carbocycles. The number of carbonyl (C=O) groups is 1. The zero-order valence-electron chi connectivity index (χ0n) is 11.0. The summed E-state index contributed by atoms with van der Waals surface area (Å²) in [6.45, 7) is 3.74. The van der Waals surface area contributed by atoms with Gasteiger partial charge >= 0.3 is 5.97 Å². The minimum absolute atomic E-state index is 0.0305. The van der Waals surface area contributed by atoms with Gasteiger partial charge in [0.05, 0.1) is 23.8 Å². The smallest absolute Gasteiger partial charge is 0.313 e. The summed E-state index contributed by atoms with van der Waals surface area (Å²) in [4.78, 5) is 11.7. The highest BCUT2D eigenvalue weighted by Gasteiger charge is 2.15. The van der Waals surface area contributed by atoms with E-state index in [0.717, 1.165) is 10.7 Å². The van der Waals surface area contributed by atoms with E-state index in [1.54, 1.807) is 11.3 Å². The van der Waals surface area contributed by atoms with Crippen molar-refractivity contribution in [3.63, 3.8) is 0 Å². The molecule has 0 bridgehead atoms. The van der Waals surface area contributed by atoms with Gasteiger partial charge in [-0.1, -0.05) is 17.8 Å². The second-order valence-corrected chi connectivity index (χ2v) is 5.70. The first-order chi connectivity index (χ1) is 9.72. The molecule has 108 valence electrons. The topological polar surface area (TPSA) is 77.2 Å². The van der Waals surface area contributed by atoms with Crippen LogP contribution in [0.2, 0.25) is 0 Å². The quantitative estimate of drug-likeness (QED) is 0.595. The molecule has 2 aromatic heterocycles. The summed E-state index contributed by atoms with van der Waals surface area (Å²) in [6.07, 6.45) is 0. The van der Waals surface area contributed by atoms with Crippen molar-refractivity contribution in [2.24, 2.45) is 0 Å². The summed E-state index contributed by atoms with van der Waals surface area (Å²) < 4.78 is 7.27. The number of hydrogen-bond donors (Lipinski definition) is 1. The number of aliphatic carboxylic acids is 1. The third-order valence-electron chi connectivity index (χ3n) is 2.45. The van der Waals surface area contributed by atoms with E-state index in [-0.39, 0.29) is 5.75 Å². The van der Waals surface area contributed by atoms with Crippen molar-refractivity contribution in [1.82, 2.24) is 14.8 Å². The zero-order valence-corrected chi connectivity index (χ0v) is 12.6. The molecule has 0 spiro atoms. The van der Waals surface area contributed by atoms with Crippen molar-refractivity contribution >= 4 is 29.1 Å². The van der Waals surface area contributed by atoms with Gasteiger partial charge in [-0.25, -0.2) is 0 Å². The minimum atomic E-state index is -0.868. The largest absolute Gasteiger partial charge is 0.481 e. The molecule has 2 rings (SSSR count). The van der Waals surface area contributed by atoms with Gasteiger partial charge in [-0.15, -0.1) is 21.5 Å². The number of aromatic nitrogens is 3. The van der Waals surface area contributed by atoms with Crippen LogP contribution in [-0.2, 0) is 16.1 Å². The fraction of sp³-hybridized carbons (Fsp3) is 0.417. The summed E-state index contributed by atoms with van der Waals surface area (Å²) in [5.74, 6) is -0.142. The van der Waals surface area contributed by atoms with E-state index >= 15 is 0 Å². The van der Waals surface area contributed by atoms with Gasteiger partial charge in [-0.05, 0) is 18.4 Å². The van der Waals surface area contributed by atoms with Gasteiger partial charge in [-0.3, -0.25) is 9.36 Å². The van der Waals surface area contributed by atoms with Gasteiger partial charge < -0.3 is 9.84 Å². The number of thioether (sulfide) groups is 1. The Balaban J connectivity index is 2.20. The van der Waals surface area contributed by atoms with E-state index in [0.29, 0.717) is 24.9 Å². The lowest BCUT2D eigenvalue weighted by Gasteiger charge is -2.08. The van der Waals surface area contributed by atoms with Crippen LogP contribution in [0.25, 0.3) is 10.7 Å². The molecule has 0 aromatic carbocycles. The molecular formula is C12H15N3O3S2. The third kappa shape index (κ3) is 3.81. The first-order valence-corrected chi connectivity index (χ1v) is 7.98. The second-order valence-electron chi connectivity index (χ2n) is 3.81. The summed E-state index contributed by atoms with van der Waals surface area (Å²) in [7, 11) is 0. The number of hydrogen-bond acceptors (Lipinski definition) is 6. The highest BCUT2D eigenvalue weighted by Crippen LogP contribution is 2.27. The van der Waals surface area contributed by atoms with Crippen LogP contribution in [0.4, 0.5) is 0 Å². The molecule has 8 heteroatoms. The van der Waals surface area contributed by atoms with E-state index in [1.165, 1.54) is 11.8 Å². The van der Waals surface area contributed by atoms with Crippen LogP contribution >= 0.6 is 23.1 Å². The van der Waals surface area contributed by atoms with Crippen molar-refractivity contribution in [1.29, 1.82) is 0 Å². The fourth-order valence-corrected chi connectivity index (χ4v) is 3.01. The summed E-state index contributed by atoms with van der Waals surface area (Å²) in [5, 5.41) is 19.6. The van der Waals surface area contributed by atoms with Gasteiger partial charge in [0.15, 0.2) is 11.0 Å². The second kappa shape index (κ2) is 7.41. The van der Waals surface area contributed by atoms with Crippen molar-refractivity contribution in [2.45, 2.75) is 18.6 Å². The summed E-state index contributed by atoms with van der Waals surface area (Å²) in [6, 6.07) is 3.92. The Morgan fingerprint density at radius 3 is 3.05 bits per heavy atom. The highest BCUT2D eigenvalue weighted by molar-refractivity contribution is 7.99. The monoisotopic (exact) mass is 313 g/mol. The Kier molecular flexibility index (Phi) is 5.57. The lowest BCUT2D eigenvalue weighted by atomic mass is 10.4. The molecule has 2 aromatic rings. The van der Waals surface area contributed by atoms with Gasteiger partial charge in [0, 0.05) is 6.61 Å². The molecule has 20 heavy (non-hydrogen) atoms. The van der Waals surface area contributed by atoms with Crippen molar-refractivity contribution in [3.05, 3.63) is 17.5 Å². The summed E-state index contributed by atoms with van der Waals surface area (Å²) >= 11 is 2.75. The van der Waals surface area contributed by atoms with E-state index in [9.17, 15) is 4.79 Å². The molecule has 0 saturated carbocycles. The predicted molar refractivity (Wildman–Crippen MR) is 78.2 cm³/mol. The number of carboxylic acids is 1. The molecule has 0 aliphatic heterocycles. The molecule has 6 nitrogen and oxygen atoms in total. The average molecular weight is 313 g/mol. The highest BCUT2D eigenvalue weighted by atomic mass is 32.2. The van der Waals surface area contributed by atoms with Crippen molar-refractivity contribution < 1.29 is 14.6 Å². The lowest BCUT2D eigenvalue weighted by molar-refractivity contribution is -0.133. The number of thiophene rings is 1. The molecule has 0 fully saturated rings. The Bertz CT molecular complexity index is 554. The van der Waals surface area contributed by atoms with Crippen LogP contribution in [-0.4, -0.2) is 44.8 Å². The number of nitrogens with zero attached hydrogens (tertiary/aromatic N) is 3. The van der Waals surface area contributed by atoms with E-state index in [1.807, 2.05) is 29.0 Å². The van der Waals surface area contributed by atoms with Crippen LogP contribution in [0.15, 0.2) is 22.7 Å². The fourth-order valence-electron chi connectivity index (χ4n) is 1.61. The maximum atomic E-state index is 10.7. The van der Waals surface area contributed by atoms with E-state index in [2.05, 4.69) is 10.2 Å².